The molecule has 6 rings (SSSR count). The molecule has 0 radical (unpaired) electrons. The zero-order chi connectivity index (χ0) is 26.4. The summed E-state index contributed by atoms with van der Waals surface area (Å²) in [6, 6.07) is 26.4. The molecule has 0 spiro atoms. The van der Waals surface area contributed by atoms with E-state index in [2.05, 4.69) is 72.8 Å². The second kappa shape index (κ2) is 22.8. The monoisotopic (exact) mass is 502 g/mol. The van der Waals surface area contributed by atoms with Crippen molar-refractivity contribution in [2.24, 2.45) is 0 Å². The second-order valence-electron chi connectivity index (χ2n) is 8.93. The van der Waals surface area contributed by atoms with Crippen molar-refractivity contribution in [3.8, 4) is 0 Å². The topological polar surface area (TPSA) is 0 Å². The highest BCUT2D eigenvalue weighted by Gasteiger charge is 2.08. The summed E-state index contributed by atoms with van der Waals surface area (Å²) in [6.45, 7) is 12.0. The van der Waals surface area contributed by atoms with E-state index in [1.165, 1.54) is 77.0 Å². The minimum absolute atomic E-state index is 0. The van der Waals surface area contributed by atoms with E-state index in [1.54, 1.807) is 33.4 Å². The van der Waals surface area contributed by atoms with Crippen molar-refractivity contribution in [3.63, 3.8) is 0 Å². The van der Waals surface area contributed by atoms with Crippen LogP contribution in [-0.4, -0.2) is 0 Å². The van der Waals surface area contributed by atoms with Crippen LogP contribution in [0, 0.1) is 0 Å². The molecular weight excluding hydrogens is 444 g/mol. The predicted molar refractivity (Wildman–Crippen MR) is 170 cm³/mol. The van der Waals surface area contributed by atoms with Crippen LogP contribution >= 0.6 is 0 Å². The Labute approximate surface area is 231 Å². The van der Waals surface area contributed by atoms with Crippen molar-refractivity contribution in [2.75, 3.05) is 0 Å². The van der Waals surface area contributed by atoms with Crippen molar-refractivity contribution in [1.82, 2.24) is 0 Å². The van der Waals surface area contributed by atoms with Gasteiger partial charge in [0.25, 0.3) is 0 Å². The van der Waals surface area contributed by atoms with Crippen LogP contribution in [0.2, 0.25) is 0 Å². The molecular formula is C37H58. The minimum Gasteiger partial charge on any atom is -0.0776 e. The second-order valence-corrected chi connectivity index (χ2v) is 8.93. The third-order valence-corrected chi connectivity index (χ3v) is 6.78. The van der Waals surface area contributed by atoms with Crippen molar-refractivity contribution >= 4 is 0 Å². The third-order valence-electron chi connectivity index (χ3n) is 6.78. The number of benzene rings is 3. The van der Waals surface area contributed by atoms with Crippen LogP contribution in [0.1, 0.15) is 121 Å². The highest BCUT2D eigenvalue weighted by molar-refractivity contribution is 5.31. The molecule has 3 aliphatic carbocycles. The Morgan fingerprint density at radius 3 is 0.730 bits per heavy atom. The molecule has 0 saturated carbocycles. The van der Waals surface area contributed by atoms with Crippen LogP contribution in [0.3, 0.4) is 0 Å². The summed E-state index contributed by atoms with van der Waals surface area (Å²) in [4.78, 5) is 0. The van der Waals surface area contributed by atoms with Gasteiger partial charge >= 0.3 is 0 Å². The number of rotatable bonds is 0. The molecule has 0 heterocycles. The standard InChI is InChI=1S/C11H14.C10H12.C9H10.3C2H6.CH4/c1-2-6-10-8-4-5-9-11(10)7-3-1;1-2-6-10-8-4-3-7-9(10)5-1;1-2-5-9-7-3-6-8(9)4-1;3*1-2;/h4-5,8-9H,1-3,6-7H2;1-2,5-6H,3-4,7-8H2;1-2,4-5H,3,6-7H2;3*1-2H3;1H4. The van der Waals surface area contributed by atoms with Crippen LogP contribution < -0.4 is 0 Å². The molecule has 0 bridgehead atoms. The van der Waals surface area contributed by atoms with Gasteiger partial charge in [0.05, 0.1) is 0 Å². The summed E-state index contributed by atoms with van der Waals surface area (Å²) in [6.07, 6.45) is 16.1. The minimum atomic E-state index is 0. The Morgan fingerprint density at radius 2 is 0.486 bits per heavy atom. The molecule has 0 N–H and O–H groups in total. The maximum absolute atomic E-state index is 2.28. The average Bonchev–Trinajstić information content (AvgIpc) is 3.34. The zero-order valence-corrected chi connectivity index (χ0v) is 24.4. The molecule has 3 aliphatic rings. The van der Waals surface area contributed by atoms with Gasteiger partial charge in [0.15, 0.2) is 0 Å². The Balaban J connectivity index is 0.000000472. The molecule has 0 fully saturated rings. The Kier molecular flexibility index (Phi) is 21.4. The summed E-state index contributed by atoms with van der Waals surface area (Å²) in [5, 5.41) is 0. The largest absolute Gasteiger partial charge is 0.0776 e. The zero-order valence-electron chi connectivity index (χ0n) is 24.4. The van der Waals surface area contributed by atoms with Gasteiger partial charge in [0, 0.05) is 0 Å². The quantitative estimate of drug-likeness (QED) is 0.268. The molecule has 3 aromatic rings. The molecule has 0 saturated heterocycles. The number of aryl methyl sites for hydroxylation is 6. The van der Waals surface area contributed by atoms with E-state index in [9.17, 15) is 0 Å². The lowest BCUT2D eigenvalue weighted by atomic mass is 9.92. The molecule has 37 heavy (non-hydrogen) atoms. The molecule has 0 unspecified atom stereocenters. The van der Waals surface area contributed by atoms with Crippen LogP contribution in [0.4, 0.5) is 0 Å². The van der Waals surface area contributed by atoms with Crippen molar-refractivity contribution in [2.45, 2.75) is 126 Å². The molecule has 3 aromatic carbocycles. The summed E-state index contributed by atoms with van der Waals surface area (Å²) in [5.41, 5.74) is 9.47. The van der Waals surface area contributed by atoms with E-state index < -0.39 is 0 Å². The first-order valence-corrected chi connectivity index (χ1v) is 15.1. The molecule has 0 aliphatic heterocycles. The average molecular weight is 503 g/mol. The lowest BCUT2D eigenvalue weighted by molar-refractivity contribution is 0.685. The first-order chi connectivity index (χ1) is 17.9. The highest BCUT2D eigenvalue weighted by atomic mass is 14.1. The van der Waals surface area contributed by atoms with Crippen LogP contribution in [0.5, 0.6) is 0 Å². The fourth-order valence-electron chi connectivity index (χ4n) is 5.04. The van der Waals surface area contributed by atoms with Crippen LogP contribution in [0.25, 0.3) is 0 Å². The van der Waals surface area contributed by atoms with Gasteiger partial charge in [0.1, 0.15) is 0 Å². The van der Waals surface area contributed by atoms with E-state index in [-0.39, 0.29) is 7.43 Å². The van der Waals surface area contributed by atoms with E-state index in [0.29, 0.717) is 0 Å². The van der Waals surface area contributed by atoms with E-state index in [0.717, 1.165) is 0 Å². The Morgan fingerprint density at radius 1 is 0.297 bits per heavy atom. The van der Waals surface area contributed by atoms with E-state index >= 15 is 0 Å². The number of hydrogen-bond acceptors (Lipinski definition) is 0. The van der Waals surface area contributed by atoms with Gasteiger partial charge in [0.2, 0.25) is 0 Å². The number of hydrogen-bond donors (Lipinski definition) is 0. The van der Waals surface area contributed by atoms with E-state index in [1.807, 2.05) is 41.5 Å². The van der Waals surface area contributed by atoms with Gasteiger partial charge in [-0.2, -0.15) is 0 Å². The van der Waals surface area contributed by atoms with Crippen LogP contribution in [0.15, 0.2) is 72.8 Å². The lowest BCUT2D eigenvalue weighted by Crippen LogP contribution is -2.00. The van der Waals surface area contributed by atoms with E-state index in [4.69, 9.17) is 0 Å². The Hall–Kier alpha value is -2.34. The molecule has 0 amide bonds. The maximum Gasteiger partial charge on any atom is -0.0273 e. The fraction of sp³-hybridized carbons (Fsp3) is 0.514. The summed E-state index contributed by atoms with van der Waals surface area (Å²) >= 11 is 0. The van der Waals surface area contributed by atoms with Gasteiger partial charge in [-0.3, -0.25) is 0 Å². The SMILES string of the molecule is C.CC.CC.CC.c1ccc2c(c1)CCC2.c1ccc2c(c1)CCCC2.c1ccc2c(c1)CCCCC2. The summed E-state index contributed by atoms with van der Waals surface area (Å²) in [5.74, 6) is 0. The summed E-state index contributed by atoms with van der Waals surface area (Å²) < 4.78 is 0. The summed E-state index contributed by atoms with van der Waals surface area (Å²) in [7, 11) is 0. The van der Waals surface area contributed by atoms with Crippen molar-refractivity contribution in [3.05, 3.63) is 106 Å². The number of fused-ring (bicyclic) bond motifs is 3. The maximum atomic E-state index is 2.28. The normalized spacial score (nSPS) is 13.8. The van der Waals surface area contributed by atoms with Gasteiger partial charge in [-0.25, -0.2) is 0 Å². The van der Waals surface area contributed by atoms with Crippen LogP contribution in [-0.2, 0) is 38.5 Å². The van der Waals surface area contributed by atoms with Gasteiger partial charge in [-0.15, -0.1) is 0 Å². The van der Waals surface area contributed by atoms with Crippen molar-refractivity contribution in [1.29, 1.82) is 0 Å². The molecule has 0 nitrogen and oxygen atoms in total. The molecule has 0 heteroatoms. The lowest BCUT2D eigenvalue weighted by Gasteiger charge is -2.13. The van der Waals surface area contributed by atoms with Gasteiger partial charge in [-0.1, -0.05) is 128 Å². The Bertz CT molecular complexity index is 848. The highest BCUT2D eigenvalue weighted by Crippen LogP contribution is 2.21. The van der Waals surface area contributed by atoms with Crippen molar-refractivity contribution < 1.29 is 0 Å². The van der Waals surface area contributed by atoms with Gasteiger partial charge < -0.3 is 0 Å². The molecule has 0 atom stereocenters. The smallest absolute Gasteiger partial charge is 0.0273 e. The van der Waals surface area contributed by atoms with Gasteiger partial charge in [-0.05, 0) is 104 Å². The fourth-order valence-corrected chi connectivity index (χ4v) is 5.04. The molecule has 206 valence electrons. The predicted octanol–water partition coefficient (Wildman–Crippen LogP) is 11.4. The first-order valence-electron chi connectivity index (χ1n) is 15.1. The molecule has 0 aromatic heterocycles. The third kappa shape index (κ3) is 12.6. The first kappa shape index (κ1) is 34.7.